The van der Waals surface area contributed by atoms with Crippen molar-refractivity contribution in [3.8, 4) is 0 Å². The molecular formula is C45H55F2N11O6. The highest BCUT2D eigenvalue weighted by Crippen LogP contribution is 2.37. The molecule has 1 unspecified atom stereocenters. The van der Waals surface area contributed by atoms with Gasteiger partial charge < -0.3 is 24.6 Å². The number of carbonyl (C=O) groups excluding carboxylic acids is 3. The molecule has 5 aromatic rings. The maximum atomic E-state index is 14.3. The average molecular weight is 884 g/mol. The minimum atomic E-state index is -2.86. The van der Waals surface area contributed by atoms with Crippen LogP contribution in [0.25, 0.3) is 16.7 Å². The van der Waals surface area contributed by atoms with E-state index in [4.69, 9.17) is 14.5 Å². The maximum absolute atomic E-state index is 14.3. The van der Waals surface area contributed by atoms with Gasteiger partial charge in [0.1, 0.15) is 17.4 Å². The summed E-state index contributed by atoms with van der Waals surface area (Å²) in [6.07, 6.45) is 10.6. The molecule has 3 amide bonds. The van der Waals surface area contributed by atoms with E-state index in [2.05, 4.69) is 37.6 Å². The zero-order valence-electron chi connectivity index (χ0n) is 36.2. The number of halogens is 2. The number of likely N-dealkylation sites (tertiary alicyclic amines) is 1. The average Bonchev–Trinajstić information content (AvgIpc) is 4.14. The summed E-state index contributed by atoms with van der Waals surface area (Å²) in [7, 11) is 1.73. The molecule has 1 aromatic carbocycles. The third-order valence-electron chi connectivity index (χ3n) is 14.2. The second-order valence-electron chi connectivity index (χ2n) is 18.4. The standard InChI is InChI=1S/C45H55F2N11O6/c1-26(6-9-28-4-3-5-35-40(28)53(2)45(62)58(35)36-12-13-38(59)51-44(36)61)64-31-14-17-54(18-15-31)22-27-7-10-29(11-8-27)57-24-34(39(52-57)41(46)47)49-43(60)33-21-48-56-19-16-37(50-42(33)56)55-23-32-20-30(55)25-63-32/h3-5,16,19,21,24,26-27,29-32,36,41H,6-15,17-18,20,22-23,25H2,1-2H3,(H,49,60)(H,51,59,61)/t26-,27?,29?,30-,32-,36?/m1/s1. The van der Waals surface area contributed by atoms with Gasteiger partial charge in [-0.3, -0.25) is 33.5 Å². The molecule has 1 aliphatic carbocycles. The van der Waals surface area contributed by atoms with Gasteiger partial charge in [0.25, 0.3) is 12.3 Å². The number of piperidine rings is 2. The predicted molar refractivity (Wildman–Crippen MR) is 232 cm³/mol. The number of benzene rings is 1. The van der Waals surface area contributed by atoms with Crippen molar-refractivity contribution in [1.29, 1.82) is 0 Å². The Labute approximate surface area is 368 Å². The normalized spacial score (nSPS) is 25.0. The number of fused-ring (bicyclic) bond motifs is 4. The Morgan fingerprint density at radius 3 is 2.59 bits per heavy atom. The van der Waals surface area contributed by atoms with Crippen LogP contribution in [0.15, 0.2) is 47.7 Å². The zero-order valence-corrected chi connectivity index (χ0v) is 36.2. The van der Waals surface area contributed by atoms with Crippen LogP contribution in [0.5, 0.6) is 0 Å². The monoisotopic (exact) mass is 883 g/mol. The largest absolute Gasteiger partial charge is 0.375 e. The van der Waals surface area contributed by atoms with Crippen LogP contribution in [0.3, 0.4) is 0 Å². The summed E-state index contributed by atoms with van der Waals surface area (Å²) >= 11 is 0. The summed E-state index contributed by atoms with van der Waals surface area (Å²) in [5.74, 6) is -0.0931. The smallest absolute Gasteiger partial charge is 0.329 e. The lowest BCUT2D eigenvalue weighted by molar-refractivity contribution is -0.135. The molecule has 2 bridgehead atoms. The molecule has 340 valence electrons. The van der Waals surface area contributed by atoms with Crippen LogP contribution in [0.4, 0.5) is 20.3 Å². The number of carbonyl (C=O) groups is 3. The molecule has 1 saturated carbocycles. The topological polar surface area (TPSA) is 175 Å². The van der Waals surface area contributed by atoms with Crippen LogP contribution in [-0.4, -0.2) is 113 Å². The second-order valence-corrected chi connectivity index (χ2v) is 18.4. The molecule has 4 aromatic heterocycles. The van der Waals surface area contributed by atoms with Crippen LogP contribution < -0.4 is 21.2 Å². The molecule has 0 spiro atoms. The summed E-state index contributed by atoms with van der Waals surface area (Å²) < 4.78 is 47.2. The fourth-order valence-corrected chi connectivity index (χ4v) is 10.8. The van der Waals surface area contributed by atoms with Gasteiger partial charge in [-0.25, -0.2) is 23.1 Å². The van der Waals surface area contributed by atoms with Gasteiger partial charge in [0.05, 0.1) is 59.9 Å². The fourth-order valence-electron chi connectivity index (χ4n) is 10.8. The third-order valence-corrected chi connectivity index (χ3v) is 14.2. The molecule has 5 fully saturated rings. The van der Waals surface area contributed by atoms with E-state index in [0.29, 0.717) is 36.5 Å². The number of aryl methyl sites for hydroxylation is 2. The summed E-state index contributed by atoms with van der Waals surface area (Å²) in [5.41, 5.74) is 2.35. The minimum Gasteiger partial charge on any atom is -0.375 e. The Kier molecular flexibility index (Phi) is 11.6. The van der Waals surface area contributed by atoms with Gasteiger partial charge in [0, 0.05) is 52.0 Å². The number of aromatic nitrogens is 7. The number of morpholine rings is 1. The number of para-hydroxylation sites is 1. The molecule has 8 heterocycles. The first kappa shape index (κ1) is 42.4. The van der Waals surface area contributed by atoms with Crippen molar-refractivity contribution in [2.75, 3.05) is 43.0 Å². The molecule has 64 heavy (non-hydrogen) atoms. The number of rotatable bonds is 13. The summed E-state index contributed by atoms with van der Waals surface area (Å²) in [5, 5.41) is 13.7. The SMILES string of the molecule is C[C@H](CCc1cccc2c1n(C)c(=O)n2C1CCC(=O)NC1=O)OC1CCN(CC2CCC(n3cc(NC(=O)c4cnn5ccc(N6C[C@H]7C[C@@H]6CO7)nc45)c(C(F)F)n3)CC2)CC1. The Hall–Kier alpha value is -5.53. The number of hydrogen-bond acceptors (Lipinski definition) is 11. The van der Waals surface area contributed by atoms with E-state index < -0.39 is 30.0 Å². The van der Waals surface area contributed by atoms with Crippen molar-refractivity contribution in [2.24, 2.45) is 13.0 Å². The molecule has 4 aliphatic heterocycles. The summed E-state index contributed by atoms with van der Waals surface area (Å²) in [6.45, 7) is 6.36. The van der Waals surface area contributed by atoms with E-state index in [1.165, 1.54) is 15.3 Å². The van der Waals surface area contributed by atoms with Gasteiger partial charge in [0.15, 0.2) is 11.3 Å². The fraction of sp³-hybridized carbons (Fsp3) is 0.578. The summed E-state index contributed by atoms with van der Waals surface area (Å²) in [6, 6.07) is 7.15. The molecule has 19 heteroatoms. The van der Waals surface area contributed by atoms with Crippen LogP contribution in [0.1, 0.15) is 111 Å². The van der Waals surface area contributed by atoms with E-state index in [-0.39, 0.29) is 59.7 Å². The van der Waals surface area contributed by atoms with Crippen molar-refractivity contribution < 1.29 is 32.6 Å². The van der Waals surface area contributed by atoms with Gasteiger partial charge in [-0.15, -0.1) is 0 Å². The van der Waals surface area contributed by atoms with Crippen LogP contribution >= 0.6 is 0 Å². The van der Waals surface area contributed by atoms with Crippen LogP contribution in [0.2, 0.25) is 0 Å². The predicted octanol–water partition coefficient (Wildman–Crippen LogP) is 4.96. The van der Waals surface area contributed by atoms with E-state index in [1.807, 2.05) is 24.3 Å². The molecule has 5 aliphatic rings. The van der Waals surface area contributed by atoms with Crippen LogP contribution in [0, 0.1) is 5.92 Å². The van der Waals surface area contributed by atoms with Crippen molar-refractivity contribution in [2.45, 2.75) is 120 Å². The number of nitrogens with zero attached hydrogens (tertiary/aromatic N) is 9. The van der Waals surface area contributed by atoms with Gasteiger partial charge >= 0.3 is 5.69 Å². The number of alkyl halides is 2. The molecule has 10 rings (SSSR count). The number of nitrogens with one attached hydrogen (secondary N) is 2. The van der Waals surface area contributed by atoms with Gasteiger partial charge in [0.2, 0.25) is 11.8 Å². The van der Waals surface area contributed by atoms with Gasteiger partial charge in [-0.2, -0.15) is 10.2 Å². The second kappa shape index (κ2) is 17.5. The highest BCUT2D eigenvalue weighted by molar-refractivity contribution is 6.08. The molecule has 2 N–H and O–H groups in total. The Morgan fingerprint density at radius 1 is 1.05 bits per heavy atom. The highest BCUT2D eigenvalue weighted by atomic mass is 19.3. The molecule has 17 nitrogen and oxygen atoms in total. The van der Waals surface area contributed by atoms with E-state index in [0.717, 1.165) is 94.4 Å². The first-order valence-corrected chi connectivity index (χ1v) is 22.8. The molecule has 4 atom stereocenters. The van der Waals surface area contributed by atoms with Gasteiger partial charge in [-0.05, 0) is 94.7 Å². The number of amides is 3. The van der Waals surface area contributed by atoms with Crippen molar-refractivity contribution in [3.05, 3.63) is 70.2 Å². The first-order valence-electron chi connectivity index (χ1n) is 22.8. The number of imide groups is 1. The molecule has 0 radical (unpaired) electrons. The zero-order chi connectivity index (χ0) is 44.2. The lowest BCUT2D eigenvalue weighted by atomic mass is 9.85. The van der Waals surface area contributed by atoms with Crippen molar-refractivity contribution in [1.82, 2.24) is 43.7 Å². The van der Waals surface area contributed by atoms with Crippen molar-refractivity contribution in [3.63, 3.8) is 0 Å². The lowest BCUT2D eigenvalue weighted by Gasteiger charge is -2.37. The quantitative estimate of drug-likeness (QED) is 0.153. The van der Waals surface area contributed by atoms with E-state index in [9.17, 15) is 28.0 Å². The number of hydrogen-bond donors (Lipinski definition) is 2. The van der Waals surface area contributed by atoms with E-state index in [1.54, 1.807) is 28.7 Å². The molecular weight excluding hydrogens is 829 g/mol. The first-order chi connectivity index (χ1) is 31.0. The number of anilines is 2. The number of ether oxygens (including phenoxy) is 2. The lowest BCUT2D eigenvalue weighted by Crippen LogP contribution is -2.44. The van der Waals surface area contributed by atoms with Crippen LogP contribution in [-0.2, 0) is 32.5 Å². The Balaban J connectivity index is 0.691. The maximum Gasteiger partial charge on any atom is 0.329 e. The molecule has 4 saturated heterocycles. The van der Waals surface area contributed by atoms with Gasteiger partial charge in [-0.1, -0.05) is 12.1 Å². The van der Waals surface area contributed by atoms with E-state index >= 15 is 0 Å². The summed E-state index contributed by atoms with van der Waals surface area (Å²) in [4.78, 5) is 60.8. The number of imidazole rings is 1. The Bertz CT molecular complexity index is 2620. The third kappa shape index (κ3) is 8.21. The minimum absolute atomic E-state index is 0.00271. The van der Waals surface area contributed by atoms with Crippen molar-refractivity contribution >= 4 is 45.9 Å². The highest BCUT2D eigenvalue weighted by Gasteiger charge is 2.40. The Morgan fingerprint density at radius 2 is 1.86 bits per heavy atom.